The molecule has 1 aliphatic rings. The molecule has 2 atom stereocenters. The lowest BCUT2D eigenvalue weighted by molar-refractivity contribution is -0.127. The zero-order valence-corrected chi connectivity index (χ0v) is 9.69. The van der Waals surface area contributed by atoms with Gasteiger partial charge in [0.15, 0.2) is 5.78 Å². The second-order valence-electron chi connectivity index (χ2n) is 4.38. The highest BCUT2D eigenvalue weighted by Crippen LogP contribution is 2.51. The molecule has 0 spiro atoms. The lowest BCUT2D eigenvalue weighted by Crippen LogP contribution is -2.44. The van der Waals surface area contributed by atoms with Gasteiger partial charge in [-0.15, -0.1) is 0 Å². The SMILES string of the molecule is CC(=O)C1(NC(=O)CCN)CC1c1cnc[nH]1. The zero-order valence-electron chi connectivity index (χ0n) is 9.69. The van der Waals surface area contributed by atoms with Gasteiger partial charge in [-0.25, -0.2) is 4.98 Å². The van der Waals surface area contributed by atoms with Crippen LogP contribution in [-0.4, -0.2) is 33.7 Å². The number of hydrogen-bond donors (Lipinski definition) is 3. The van der Waals surface area contributed by atoms with Gasteiger partial charge in [-0.05, 0) is 13.3 Å². The number of nitrogens with one attached hydrogen (secondary N) is 2. The van der Waals surface area contributed by atoms with Crippen molar-refractivity contribution in [2.45, 2.75) is 31.2 Å². The number of hydrogen-bond acceptors (Lipinski definition) is 4. The average molecular weight is 236 g/mol. The molecule has 0 saturated heterocycles. The van der Waals surface area contributed by atoms with Crippen LogP contribution in [0.2, 0.25) is 0 Å². The number of aromatic nitrogens is 2. The third-order valence-electron chi connectivity index (χ3n) is 3.22. The minimum atomic E-state index is -0.751. The van der Waals surface area contributed by atoms with E-state index in [1.165, 1.54) is 6.92 Å². The molecule has 0 radical (unpaired) electrons. The summed E-state index contributed by atoms with van der Waals surface area (Å²) in [6.07, 6.45) is 4.12. The van der Waals surface area contributed by atoms with Gasteiger partial charge in [0.1, 0.15) is 5.54 Å². The summed E-state index contributed by atoms with van der Waals surface area (Å²) >= 11 is 0. The van der Waals surface area contributed by atoms with Gasteiger partial charge >= 0.3 is 0 Å². The number of rotatable bonds is 5. The number of amides is 1. The first-order chi connectivity index (χ1) is 8.10. The van der Waals surface area contributed by atoms with Gasteiger partial charge in [-0.3, -0.25) is 9.59 Å². The van der Waals surface area contributed by atoms with Crippen molar-refractivity contribution in [1.29, 1.82) is 0 Å². The molecule has 92 valence electrons. The lowest BCUT2D eigenvalue weighted by Gasteiger charge is -2.15. The molecule has 1 aromatic heterocycles. The Bertz CT molecular complexity index is 429. The van der Waals surface area contributed by atoms with E-state index >= 15 is 0 Å². The Morgan fingerprint density at radius 3 is 3.00 bits per heavy atom. The Balaban J connectivity index is 2.10. The van der Waals surface area contributed by atoms with E-state index in [0.717, 1.165) is 5.69 Å². The molecular formula is C11H16N4O2. The van der Waals surface area contributed by atoms with Gasteiger partial charge in [-0.2, -0.15) is 0 Å². The molecule has 1 heterocycles. The summed E-state index contributed by atoms with van der Waals surface area (Å²) < 4.78 is 0. The normalized spacial score (nSPS) is 26.6. The Morgan fingerprint density at radius 1 is 1.71 bits per heavy atom. The van der Waals surface area contributed by atoms with Gasteiger partial charge < -0.3 is 16.0 Å². The summed E-state index contributed by atoms with van der Waals surface area (Å²) in [5.41, 5.74) is 5.44. The maximum absolute atomic E-state index is 11.7. The summed E-state index contributed by atoms with van der Waals surface area (Å²) in [5, 5.41) is 2.79. The highest BCUT2D eigenvalue weighted by molar-refractivity contribution is 5.95. The van der Waals surface area contributed by atoms with Gasteiger partial charge in [0, 0.05) is 30.8 Å². The van der Waals surface area contributed by atoms with Crippen LogP contribution in [0.25, 0.3) is 0 Å². The zero-order chi connectivity index (χ0) is 12.5. The first-order valence-corrected chi connectivity index (χ1v) is 5.60. The van der Waals surface area contributed by atoms with Crippen molar-refractivity contribution in [3.8, 4) is 0 Å². The Hall–Kier alpha value is -1.69. The maximum Gasteiger partial charge on any atom is 0.222 e. The van der Waals surface area contributed by atoms with Crippen LogP contribution in [0, 0.1) is 0 Å². The fourth-order valence-corrected chi connectivity index (χ4v) is 2.15. The number of carbonyl (C=O) groups excluding carboxylic acids is 2. The summed E-state index contributed by atoms with van der Waals surface area (Å²) in [6, 6.07) is 0. The molecule has 1 amide bonds. The quantitative estimate of drug-likeness (QED) is 0.652. The van der Waals surface area contributed by atoms with Gasteiger partial charge in [0.05, 0.1) is 6.33 Å². The van der Waals surface area contributed by atoms with E-state index in [-0.39, 0.29) is 30.6 Å². The smallest absolute Gasteiger partial charge is 0.222 e. The van der Waals surface area contributed by atoms with Crippen LogP contribution in [0.1, 0.15) is 31.4 Å². The number of aromatic amines is 1. The molecule has 2 rings (SSSR count). The molecule has 2 unspecified atom stereocenters. The molecular weight excluding hydrogens is 220 g/mol. The molecule has 1 fully saturated rings. The number of ketones is 1. The molecule has 1 aromatic rings. The maximum atomic E-state index is 11.7. The summed E-state index contributed by atoms with van der Waals surface area (Å²) in [6.45, 7) is 1.79. The molecule has 0 aliphatic heterocycles. The number of Topliss-reactive ketones (excluding diaryl/α,β-unsaturated/α-hetero) is 1. The van der Waals surface area contributed by atoms with E-state index in [1.807, 2.05) is 0 Å². The number of carbonyl (C=O) groups is 2. The highest BCUT2D eigenvalue weighted by Gasteiger charge is 2.60. The van der Waals surface area contributed by atoms with Crippen LogP contribution in [0.4, 0.5) is 0 Å². The van der Waals surface area contributed by atoms with Gasteiger partial charge in [0.25, 0.3) is 0 Å². The largest absolute Gasteiger partial charge is 0.348 e. The number of nitrogens with zero attached hydrogens (tertiary/aromatic N) is 1. The van der Waals surface area contributed by atoms with Crippen molar-refractivity contribution in [3.63, 3.8) is 0 Å². The highest BCUT2D eigenvalue weighted by atomic mass is 16.2. The average Bonchev–Trinajstić information content (AvgIpc) is 2.76. The first-order valence-electron chi connectivity index (χ1n) is 5.60. The third-order valence-corrected chi connectivity index (χ3v) is 3.22. The Kier molecular flexibility index (Phi) is 2.97. The first kappa shape index (κ1) is 11.8. The molecule has 1 saturated carbocycles. The lowest BCUT2D eigenvalue weighted by atomic mass is 10.1. The Labute approximate surface area is 99.0 Å². The monoisotopic (exact) mass is 236 g/mol. The van der Waals surface area contributed by atoms with E-state index in [0.29, 0.717) is 6.42 Å². The summed E-state index contributed by atoms with van der Waals surface area (Å²) in [7, 11) is 0. The second kappa shape index (κ2) is 4.29. The fraction of sp³-hybridized carbons (Fsp3) is 0.545. The molecule has 6 heteroatoms. The standard InChI is InChI=1S/C11H16N4O2/c1-7(16)11(15-10(17)2-3-12)4-8(11)9-5-13-6-14-9/h5-6,8H,2-4,12H2,1H3,(H,13,14)(H,15,17). The second-order valence-corrected chi connectivity index (χ2v) is 4.38. The van der Waals surface area contributed by atoms with E-state index in [2.05, 4.69) is 15.3 Å². The van der Waals surface area contributed by atoms with Crippen LogP contribution in [0.15, 0.2) is 12.5 Å². The fourth-order valence-electron chi connectivity index (χ4n) is 2.15. The van der Waals surface area contributed by atoms with Crippen LogP contribution in [-0.2, 0) is 9.59 Å². The van der Waals surface area contributed by atoms with Crippen molar-refractivity contribution in [2.75, 3.05) is 6.54 Å². The van der Waals surface area contributed by atoms with E-state index in [4.69, 9.17) is 5.73 Å². The van der Waals surface area contributed by atoms with E-state index in [1.54, 1.807) is 12.5 Å². The van der Waals surface area contributed by atoms with Crippen molar-refractivity contribution in [2.24, 2.45) is 5.73 Å². The van der Waals surface area contributed by atoms with Crippen LogP contribution >= 0.6 is 0 Å². The predicted molar refractivity (Wildman–Crippen MR) is 61.2 cm³/mol. The summed E-state index contributed by atoms with van der Waals surface area (Å²) in [4.78, 5) is 30.1. The van der Waals surface area contributed by atoms with Gasteiger partial charge in [0.2, 0.25) is 5.91 Å². The topological polar surface area (TPSA) is 101 Å². The molecule has 17 heavy (non-hydrogen) atoms. The van der Waals surface area contributed by atoms with Crippen molar-refractivity contribution in [3.05, 3.63) is 18.2 Å². The molecule has 0 bridgehead atoms. The minimum Gasteiger partial charge on any atom is -0.348 e. The predicted octanol–water partition coefficient (Wildman–Crippen LogP) is -0.310. The molecule has 0 aromatic carbocycles. The third kappa shape index (κ3) is 2.08. The molecule has 4 N–H and O–H groups in total. The number of imidazole rings is 1. The van der Waals surface area contributed by atoms with Crippen LogP contribution in [0.3, 0.4) is 0 Å². The number of nitrogens with two attached hydrogens (primary N) is 1. The van der Waals surface area contributed by atoms with Crippen molar-refractivity contribution < 1.29 is 9.59 Å². The molecule has 1 aliphatic carbocycles. The number of H-pyrrole nitrogens is 1. The van der Waals surface area contributed by atoms with Crippen molar-refractivity contribution >= 4 is 11.7 Å². The van der Waals surface area contributed by atoms with E-state index in [9.17, 15) is 9.59 Å². The van der Waals surface area contributed by atoms with Gasteiger partial charge in [-0.1, -0.05) is 0 Å². The molecule has 6 nitrogen and oxygen atoms in total. The minimum absolute atomic E-state index is 0.00391. The van der Waals surface area contributed by atoms with Crippen LogP contribution < -0.4 is 11.1 Å². The summed E-state index contributed by atoms with van der Waals surface area (Å²) in [5.74, 6) is -0.198. The van der Waals surface area contributed by atoms with Crippen LogP contribution in [0.5, 0.6) is 0 Å². The Morgan fingerprint density at radius 2 is 2.47 bits per heavy atom. The van der Waals surface area contributed by atoms with Crippen molar-refractivity contribution in [1.82, 2.24) is 15.3 Å². The van der Waals surface area contributed by atoms with E-state index < -0.39 is 5.54 Å².